The van der Waals surface area contributed by atoms with E-state index in [0.29, 0.717) is 10.9 Å². The third-order valence-corrected chi connectivity index (χ3v) is 5.10. The van der Waals surface area contributed by atoms with Gasteiger partial charge in [-0.05, 0) is 74.5 Å². The molecule has 0 aromatic carbocycles. The van der Waals surface area contributed by atoms with E-state index in [1.165, 1.54) is 24.5 Å². The molecule has 295 valence electrons. The Morgan fingerprint density at radius 2 is 1.00 bits per heavy atom. The quantitative estimate of drug-likeness (QED) is 0.135. The van der Waals surface area contributed by atoms with E-state index in [2.05, 4.69) is 130 Å². The van der Waals surface area contributed by atoms with Crippen molar-refractivity contribution in [2.45, 2.75) is 53.8 Å². The van der Waals surface area contributed by atoms with Crippen LogP contribution in [0.4, 0.5) is 22.0 Å². The van der Waals surface area contributed by atoms with E-state index in [1.807, 2.05) is 32.6 Å². The Bertz CT molecular complexity index is 1220. The molecule has 0 amide bonds. The Morgan fingerprint density at radius 1 is 0.750 bits per heavy atom. The Labute approximate surface area is 402 Å². The third kappa shape index (κ3) is 34.9. The number of methoxy groups -OCH3 is 1. The normalized spacial score (nSPS) is 12.1. The number of aromatic nitrogens is 3. The summed E-state index contributed by atoms with van der Waals surface area (Å²) in [5.74, 6) is -3.99. The molecule has 1 saturated heterocycles. The number of hydrogen-bond acceptors (Lipinski definition) is 8. The minimum absolute atomic E-state index is 0. The zero-order chi connectivity index (χ0) is 39.5. The standard InChI is InChI=1S/C11H14BF2NO2.C6H5BFNO.C5H2BF2N.CH3I.CH4O.CH3O.2CH4.2BrH.Cu.3HI.Na.V/c1-10(2)11(3,4)17-12(16-10)7-5-8(13)15-9(14)6-7;1-10-6-3-4(7)2-5(8)9-6;6-3-1-4(7)9-5(8)2-3;3*1-2;;;;;;;;;;/h5-6H,1-4H3;2-3H,1H3;1-2H;1H3;2H,1H3;1H3;2*1H4;2*1H;;3*1H;;/q;;;;;-1;;;;;+2;;;;+1;+3/p-5. The molecule has 4 rings (SSSR count). The number of nitrogens with zero attached hydrogens (tertiary/aromatic N) is 3. The molecule has 52 heavy (non-hydrogen) atoms. The van der Waals surface area contributed by atoms with Crippen molar-refractivity contribution < 1.29 is 92.0 Å². The second-order valence-corrected chi connectivity index (χ2v) is 48.8. The van der Waals surface area contributed by atoms with Crippen LogP contribution in [0.3, 0.4) is 0 Å². The number of hydrogen-bond donors (Lipinski definition) is 1. The van der Waals surface area contributed by atoms with Crippen molar-refractivity contribution in [2.75, 3.05) is 26.3 Å². The van der Waals surface area contributed by atoms with Crippen LogP contribution in [-0.4, -0.2) is 80.3 Å². The Balaban J connectivity index is -0.000000101. The zero-order valence-corrected chi connectivity index (χ0v) is 44.2. The molecule has 1 aliphatic heterocycles. The first-order chi connectivity index (χ1) is 22.8. The molecule has 0 aliphatic carbocycles. The SMILES string of the molecule is C.C.CC1(C)OB(c2cc(F)nc(F)c2)OC1(C)C.CI.CO.C[O-].[B]c1cc(F)nc(F)c1.[B]c1cc(F)nc(OC)c1.[Br][Cu][Br].[I][V]([I])[I].[Na+]. The molecular formula is C27H39B3Br2CuF5I4N3NaO5V. The van der Waals surface area contributed by atoms with Gasteiger partial charge < -0.3 is 24.3 Å². The predicted molar refractivity (Wildman–Crippen MR) is 233 cm³/mol. The maximum absolute atomic E-state index is 13.0. The molecule has 8 nitrogen and oxygen atoms in total. The molecule has 0 atom stereocenters. The Morgan fingerprint density at radius 3 is 1.25 bits per heavy atom. The van der Waals surface area contributed by atoms with E-state index in [4.69, 9.17) is 35.2 Å². The van der Waals surface area contributed by atoms with Crippen molar-refractivity contribution in [1.29, 1.82) is 0 Å². The molecule has 4 heterocycles. The van der Waals surface area contributed by atoms with Gasteiger partial charge in [0, 0.05) is 7.11 Å². The van der Waals surface area contributed by atoms with Gasteiger partial charge in [-0.2, -0.15) is 44.0 Å². The zero-order valence-electron chi connectivity index (χ0n) is 28.0. The second-order valence-electron chi connectivity index (χ2n) is 8.68. The number of pyridine rings is 3. The monoisotopic (exact) mass is 1420 g/mol. The van der Waals surface area contributed by atoms with Gasteiger partial charge >= 0.3 is 141 Å². The number of ether oxygens (including phenoxy) is 1. The minimum atomic E-state index is -0.896. The first-order valence-electron chi connectivity index (χ1n) is 12.3. The van der Waals surface area contributed by atoms with E-state index < -0.39 is 48.1 Å². The van der Waals surface area contributed by atoms with E-state index in [0.717, 1.165) is 44.6 Å². The van der Waals surface area contributed by atoms with Crippen molar-refractivity contribution in [2.24, 2.45) is 0 Å². The smallest absolute Gasteiger partial charge is 1.00 e. The number of rotatable bonds is 2. The summed E-state index contributed by atoms with van der Waals surface area (Å²) in [6.07, 6.45) is 0. The molecule has 25 heteroatoms. The summed E-state index contributed by atoms with van der Waals surface area (Å²) >= 11 is 16.9. The number of halogens is 11. The molecule has 4 radical (unpaired) electrons. The molecule has 3 aromatic heterocycles. The van der Waals surface area contributed by atoms with E-state index in [-0.39, 0.29) is 60.7 Å². The molecule has 1 fully saturated rings. The van der Waals surface area contributed by atoms with Crippen LogP contribution in [0.15, 0.2) is 36.4 Å². The second kappa shape index (κ2) is 40.7. The van der Waals surface area contributed by atoms with Crippen molar-refractivity contribution >= 4 is 150 Å². The van der Waals surface area contributed by atoms with E-state index in [1.54, 1.807) is 0 Å². The van der Waals surface area contributed by atoms with Gasteiger partial charge in [-0.15, -0.1) is 0 Å². The van der Waals surface area contributed by atoms with Crippen LogP contribution in [0.1, 0.15) is 42.5 Å². The van der Waals surface area contributed by atoms with Crippen LogP contribution in [0.5, 0.6) is 5.88 Å². The maximum Gasteiger partial charge on any atom is 1.00 e. The number of alkyl halides is 1. The molecule has 0 bridgehead atoms. The first kappa shape index (κ1) is 69.5. The van der Waals surface area contributed by atoms with Crippen LogP contribution in [0.2, 0.25) is 0 Å². The average molecular weight is 1420 g/mol. The fraction of sp³-hybridized carbons (Fsp3) is 0.444. The minimum Gasteiger partial charge on any atom is 1.00 e. The van der Waals surface area contributed by atoms with Gasteiger partial charge in [0.2, 0.25) is 35.6 Å². The predicted octanol–water partition coefficient (Wildman–Crippen LogP) is 4.09. The van der Waals surface area contributed by atoms with Gasteiger partial charge in [0.05, 0.1) is 18.3 Å². The van der Waals surface area contributed by atoms with Crippen molar-refractivity contribution in [3.63, 3.8) is 0 Å². The van der Waals surface area contributed by atoms with Crippen molar-refractivity contribution in [3.8, 4) is 5.88 Å². The fourth-order valence-corrected chi connectivity index (χ4v) is 2.68. The van der Waals surface area contributed by atoms with Crippen molar-refractivity contribution in [3.05, 3.63) is 66.1 Å². The number of aliphatic hydroxyl groups is 1. The van der Waals surface area contributed by atoms with Gasteiger partial charge in [-0.1, -0.05) is 48.4 Å². The van der Waals surface area contributed by atoms with Crippen LogP contribution in [0.25, 0.3) is 0 Å². The Kier molecular flexibility index (Phi) is 54.4. The summed E-state index contributed by atoms with van der Waals surface area (Å²) < 4.78 is 78.3. The summed E-state index contributed by atoms with van der Waals surface area (Å²) in [7, 11) is 12.7. The number of aliphatic hydroxyl groups excluding tert-OH is 1. The molecule has 0 unspecified atom stereocenters. The topological polar surface area (TPSA) is 110 Å². The summed E-state index contributed by atoms with van der Waals surface area (Å²) in [5.41, 5.74) is -0.417. The molecule has 0 spiro atoms. The molecule has 3 aromatic rings. The molecule has 1 N–H and O–H groups in total. The first-order valence-corrected chi connectivity index (χ1v) is 32.7. The summed E-state index contributed by atoms with van der Waals surface area (Å²) in [6.45, 7) is 7.50. The third-order valence-electron chi connectivity index (χ3n) is 5.10. The van der Waals surface area contributed by atoms with E-state index in [9.17, 15) is 22.0 Å². The Hall–Kier alpha value is 2.92. The van der Waals surface area contributed by atoms with E-state index >= 15 is 0 Å². The summed E-state index contributed by atoms with van der Waals surface area (Å²) in [5, 5.41) is 15.2. The van der Waals surface area contributed by atoms with Crippen LogP contribution in [0, 0.1) is 29.7 Å². The molecule has 1 aliphatic rings. The fourth-order valence-electron chi connectivity index (χ4n) is 2.68. The van der Waals surface area contributed by atoms with Gasteiger partial charge in [-0.3, -0.25) is 0 Å². The van der Waals surface area contributed by atoms with Gasteiger partial charge in [0.25, 0.3) is 0 Å². The van der Waals surface area contributed by atoms with Crippen LogP contribution >= 0.6 is 111 Å². The largest absolute Gasteiger partial charge is 1.00 e. The van der Waals surface area contributed by atoms with Crippen LogP contribution < -0.4 is 55.8 Å². The summed E-state index contributed by atoms with van der Waals surface area (Å²) in [6, 6.07) is 6.70. The molecular weight excluding hydrogens is 1380 g/mol. The van der Waals surface area contributed by atoms with Gasteiger partial charge in [0.1, 0.15) is 15.7 Å². The van der Waals surface area contributed by atoms with Crippen LogP contribution in [-0.2, 0) is 25.6 Å². The summed E-state index contributed by atoms with van der Waals surface area (Å²) in [4.78, 5) is 10.9. The van der Waals surface area contributed by atoms with Gasteiger partial charge in [0.15, 0.2) is 0 Å². The van der Waals surface area contributed by atoms with Crippen molar-refractivity contribution in [1.82, 2.24) is 15.0 Å². The molecule has 0 saturated carbocycles. The maximum atomic E-state index is 13.0. The average Bonchev–Trinajstić information content (AvgIpc) is 3.21. The van der Waals surface area contributed by atoms with Gasteiger partial charge in [-0.25, -0.2) is 0 Å².